The Morgan fingerprint density at radius 3 is 1.62 bits per heavy atom. The van der Waals surface area contributed by atoms with Gasteiger partial charge in [0.25, 0.3) is 0 Å². The summed E-state index contributed by atoms with van der Waals surface area (Å²) >= 11 is 0. The maximum atomic E-state index is 13.6. The Morgan fingerprint density at radius 2 is 0.958 bits per heavy atom. The lowest BCUT2D eigenvalue weighted by Gasteiger charge is -2.26. The van der Waals surface area contributed by atoms with Crippen LogP contribution in [0.5, 0.6) is 0 Å². The van der Waals surface area contributed by atoms with Crippen LogP contribution in [0.2, 0.25) is 0 Å². The summed E-state index contributed by atoms with van der Waals surface area (Å²) in [5, 5.41) is 5.18. The molecule has 5 nitrogen and oxygen atoms in total. The van der Waals surface area contributed by atoms with Gasteiger partial charge in [0.15, 0.2) is 5.58 Å². The Bertz CT molecular complexity index is 2830. The standard InChI is InChI=1S/C43H26N2O3/c46-42-32-19-9-12-22-39(32)47-41-25-33-34-23-29(44(27-13-3-1-4-14-27)28-15-5-2-6-16-28)24-38(43(34)48-40(33)26-35(41)42)45-36-20-10-7-17-30(36)31-18-8-11-21-37(31)45/h1-26H. The van der Waals surface area contributed by atoms with E-state index in [9.17, 15) is 4.79 Å². The number of hydrogen-bond acceptors (Lipinski definition) is 4. The number of nitrogens with zero attached hydrogens (tertiary/aromatic N) is 2. The number of aromatic nitrogens is 1. The van der Waals surface area contributed by atoms with Crippen molar-refractivity contribution in [2.75, 3.05) is 4.90 Å². The molecule has 3 heterocycles. The topological polar surface area (TPSA) is 51.5 Å². The van der Waals surface area contributed by atoms with Crippen molar-refractivity contribution in [2.45, 2.75) is 0 Å². The monoisotopic (exact) mass is 618 g/mol. The minimum absolute atomic E-state index is 0.0724. The van der Waals surface area contributed by atoms with Crippen molar-refractivity contribution in [3.63, 3.8) is 0 Å². The number of hydrogen-bond donors (Lipinski definition) is 0. The van der Waals surface area contributed by atoms with Crippen molar-refractivity contribution < 1.29 is 8.83 Å². The van der Waals surface area contributed by atoms with Crippen LogP contribution in [0.25, 0.3) is 71.4 Å². The van der Waals surface area contributed by atoms with Gasteiger partial charge in [0, 0.05) is 38.6 Å². The SMILES string of the molecule is O=c1c2ccccc2oc2cc3c(cc12)oc1c(-n2c4ccccc4c4ccccc42)cc(N(c2ccccc2)c2ccccc2)cc13. The molecule has 0 amide bonds. The molecule has 0 aliphatic rings. The molecular formula is C43H26N2O3. The Morgan fingerprint density at radius 1 is 0.417 bits per heavy atom. The summed E-state index contributed by atoms with van der Waals surface area (Å²) in [6, 6.07) is 53.3. The third kappa shape index (κ3) is 3.88. The molecule has 0 saturated heterocycles. The molecule has 0 unspecified atom stereocenters. The molecule has 0 aliphatic heterocycles. The molecule has 3 aromatic heterocycles. The van der Waals surface area contributed by atoms with E-state index in [-0.39, 0.29) is 5.43 Å². The zero-order valence-corrected chi connectivity index (χ0v) is 25.6. The molecule has 5 heteroatoms. The normalized spacial score (nSPS) is 11.8. The van der Waals surface area contributed by atoms with Gasteiger partial charge in [-0.05, 0) is 72.8 Å². The van der Waals surface area contributed by atoms with Crippen molar-refractivity contribution in [1.82, 2.24) is 4.57 Å². The van der Waals surface area contributed by atoms with Crippen molar-refractivity contribution in [1.29, 1.82) is 0 Å². The van der Waals surface area contributed by atoms with E-state index in [0.29, 0.717) is 27.5 Å². The molecule has 10 rings (SSSR count). The fourth-order valence-electron chi connectivity index (χ4n) is 7.22. The third-order valence-corrected chi connectivity index (χ3v) is 9.34. The first kappa shape index (κ1) is 26.6. The summed E-state index contributed by atoms with van der Waals surface area (Å²) < 4.78 is 15.4. The van der Waals surface area contributed by atoms with Gasteiger partial charge in [0.1, 0.15) is 16.7 Å². The number of para-hydroxylation sites is 5. The van der Waals surface area contributed by atoms with Gasteiger partial charge in [-0.25, -0.2) is 0 Å². The highest BCUT2D eigenvalue weighted by atomic mass is 16.3. The van der Waals surface area contributed by atoms with Crippen LogP contribution >= 0.6 is 0 Å². The fraction of sp³-hybridized carbons (Fsp3) is 0. The van der Waals surface area contributed by atoms with Crippen LogP contribution in [0.1, 0.15) is 0 Å². The van der Waals surface area contributed by atoms with E-state index in [1.807, 2.05) is 42.5 Å². The van der Waals surface area contributed by atoms with Gasteiger partial charge >= 0.3 is 0 Å². The summed E-state index contributed by atoms with van der Waals surface area (Å²) in [5.41, 5.74) is 8.48. The number of rotatable bonds is 4. The zero-order chi connectivity index (χ0) is 31.8. The van der Waals surface area contributed by atoms with Gasteiger partial charge in [-0.15, -0.1) is 0 Å². The molecule has 10 aromatic rings. The van der Waals surface area contributed by atoms with Crippen LogP contribution in [-0.4, -0.2) is 4.57 Å². The van der Waals surface area contributed by atoms with Gasteiger partial charge in [0.2, 0.25) is 5.43 Å². The Balaban J connectivity index is 1.37. The lowest BCUT2D eigenvalue weighted by atomic mass is 10.1. The second-order valence-electron chi connectivity index (χ2n) is 12.1. The second kappa shape index (κ2) is 10.2. The Labute approximate surface area is 274 Å². The third-order valence-electron chi connectivity index (χ3n) is 9.34. The van der Waals surface area contributed by atoms with Crippen molar-refractivity contribution in [2.24, 2.45) is 0 Å². The average molecular weight is 619 g/mol. The summed E-state index contributed by atoms with van der Waals surface area (Å²) in [6.45, 7) is 0. The zero-order valence-electron chi connectivity index (χ0n) is 25.6. The maximum absolute atomic E-state index is 13.6. The van der Waals surface area contributed by atoms with Gasteiger partial charge < -0.3 is 18.3 Å². The van der Waals surface area contributed by atoms with Crippen LogP contribution in [0.3, 0.4) is 0 Å². The first-order valence-electron chi connectivity index (χ1n) is 16.0. The highest BCUT2D eigenvalue weighted by Crippen LogP contribution is 2.44. The largest absolute Gasteiger partial charge is 0.456 e. The molecule has 48 heavy (non-hydrogen) atoms. The minimum atomic E-state index is -0.0724. The van der Waals surface area contributed by atoms with Gasteiger partial charge in [-0.1, -0.05) is 84.9 Å². The lowest BCUT2D eigenvalue weighted by Crippen LogP contribution is -2.10. The van der Waals surface area contributed by atoms with E-state index < -0.39 is 0 Å². The van der Waals surface area contributed by atoms with Gasteiger partial charge in [-0.3, -0.25) is 4.79 Å². The number of benzene rings is 7. The molecule has 0 fully saturated rings. The molecule has 0 atom stereocenters. The van der Waals surface area contributed by atoms with E-state index in [1.165, 1.54) is 0 Å². The molecule has 0 spiro atoms. The van der Waals surface area contributed by atoms with Gasteiger partial charge in [-0.2, -0.15) is 0 Å². The summed E-state index contributed by atoms with van der Waals surface area (Å²) in [7, 11) is 0. The van der Waals surface area contributed by atoms with E-state index >= 15 is 0 Å². The van der Waals surface area contributed by atoms with Crippen molar-refractivity contribution in [3.8, 4) is 5.69 Å². The predicted molar refractivity (Wildman–Crippen MR) is 196 cm³/mol. The summed E-state index contributed by atoms with van der Waals surface area (Å²) in [6.07, 6.45) is 0. The van der Waals surface area contributed by atoms with E-state index in [1.54, 1.807) is 6.07 Å². The number of anilines is 3. The highest BCUT2D eigenvalue weighted by Gasteiger charge is 2.23. The molecule has 0 N–H and O–H groups in total. The number of fused-ring (bicyclic) bond motifs is 8. The van der Waals surface area contributed by atoms with E-state index in [2.05, 4.69) is 119 Å². The fourth-order valence-corrected chi connectivity index (χ4v) is 7.22. The van der Waals surface area contributed by atoms with Crippen molar-refractivity contribution in [3.05, 3.63) is 168 Å². The van der Waals surface area contributed by atoms with E-state index in [4.69, 9.17) is 8.83 Å². The first-order chi connectivity index (χ1) is 23.7. The Hall–Kier alpha value is -6.59. The Kier molecular flexibility index (Phi) is 5.66. The van der Waals surface area contributed by atoms with Crippen LogP contribution < -0.4 is 10.3 Å². The highest BCUT2D eigenvalue weighted by molar-refractivity contribution is 6.15. The molecule has 0 aliphatic carbocycles. The van der Waals surface area contributed by atoms with Crippen LogP contribution in [0.15, 0.2) is 171 Å². The number of furan rings is 1. The molecule has 0 saturated carbocycles. The van der Waals surface area contributed by atoms with Gasteiger partial charge in [0.05, 0.1) is 27.5 Å². The lowest BCUT2D eigenvalue weighted by molar-refractivity contribution is 0.656. The van der Waals surface area contributed by atoms with Crippen LogP contribution in [0, 0.1) is 0 Å². The predicted octanol–water partition coefficient (Wildman–Crippen LogP) is 11.4. The van der Waals surface area contributed by atoms with E-state index in [0.717, 1.165) is 60.9 Å². The second-order valence-corrected chi connectivity index (χ2v) is 12.1. The van der Waals surface area contributed by atoms with Crippen molar-refractivity contribution >= 4 is 82.7 Å². The maximum Gasteiger partial charge on any atom is 0.200 e. The smallest absolute Gasteiger partial charge is 0.200 e. The molecule has 226 valence electrons. The first-order valence-corrected chi connectivity index (χ1v) is 16.0. The molecule has 7 aromatic carbocycles. The quantitative estimate of drug-likeness (QED) is 0.184. The minimum Gasteiger partial charge on any atom is -0.456 e. The average Bonchev–Trinajstić information content (AvgIpc) is 3.67. The van der Waals surface area contributed by atoms with Crippen LogP contribution in [-0.2, 0) is 0 Å². The molecule has 0 radical (unpaired) electrons. The summed E-state index contributed by atoms with van der Waals surface area (Å²) in [4.78, 5) is 15.9. The molecule has 0 bridgehead atoms. The van der Waals surface area contributed by atoms with Crippen LogP contribution in [0.4, 0.5) is 17.1 Å². The molecular weight excluding hydrogens is 592 g/mol. The summed E-state index contributed by atoms with van der Waals surface area (Å²) in [5.74, 6) is 0.